The molecule has 0 radical (unpaired) electrons. The molecule has 0 N–H and O–H groups in total. The molecular formula is C54H34O. The van der Waals surface area contributed by atoms with Gasteiger partial charge in [0.15, 0.2) is 0 Å². The van der Waals surface area contributed by atoms with Gasteiger partial charge in [0.1, 0.15) is 11.2 Å². The Morgan fingerprint density at radius 1 is 0.327 bits per heavy atom. The van der Waals surface area contributed by atoms with Gasteiger partial charge in [-0.1, -0.05) is 170 Å². The molecule has 11 aromatic rings. The van der Waals surface area contributed by atoms with Crippen molar-refractivity contribution >= 4 is 54.3 Å². The van der Waals surface area contributed by atoms with Crippen molar-refractivity contribution in [3.05, 3.63) is 206 Å². The van der Waals surface area contributed by atoms with Gasteiger partial charge in [-0.25, -0.2) is 0 Å². The van der Waals surface area contributed by atoms with Crippen molar-refractivity contribution in [2.45, 2.75) is 0 Å². The van der Waals surface area contributed by atoms with E-state index in [1.54, 1.807) is 0 Å². The molecule has 0 fully saturated rings. The van der Waals surface area contributed by atoms with E-state index in [-0.39, 0.29) is 40.5 Å². The van der Waals surface area contributed by atoms with E-state index >= 15 is 0 Å². The molecule has 0 aliphatic rings. The Hall–Kier alpha value is -7.22. The first-order valence-electron chi connectivity index (χ1n) is 21.4. The molecule has 1 heterocycles. The van der Waals surface area contributed by atoms with Gasteiger partial charge in [0.05, 0.1) is 8.22 Å². The van der Waals surface area contributed by atoms with E-state index in [1.807, 2.05) is 48.5 Å². The number of fused-ring (bicyclic) bond motifs is 6. The predicted octanol–water partition coefficient (Wildman–Crippen LogP) is 15.4. The van der Waals surface area contributed by atoms with Crippen molar-refractivity contribution in [1.29, 1.82) is 0 Å². The molecule has 0 aliphatic heterocycles. The molecular weight excluding hydrogens is 665 g/mol. The Morgan fingerprint density at radius 2 is 0.800 bits per heavy atom. The zero-order chi connectivity index (χ0) is 41.5. The molecule has 0 spiro atoms. The highest BCUT2D eigenvalue weighted by atomic mass is 16.3. The van der Waals surface area contributed by atoms with E-state index in [0.29, 0.717) is 16.4 Å². The van der Waals surface area contributed by atoms with E-state index in [9.17, 15) is 1.37 Å². The third-order valence-electron chi connectivity index (χ3n) is 10.7. The van der Waals surface area contributed by atoms with Crippen molar-refractivity contribution in [3.8, 4) is 55.6 Å². The third kappa shape index (κ3) is 5.24. The number of rotatable bonds is 5. The summed E-state index contributed by atoms with van der Waals surface area (Å²) in [5.74, 6) is 0. The maximum atomic E-state index is 9.31. The fourth-order valence-corrected chi connectivity index (χ4v) is 8.27. The standard InChI is InChI=1S/C54H34O/c1-3-15-35(16-4-1)37-21-13-23-41(29-37)53-43-25-9-11-27-45(43)54(46-28-12-10-26-44(46)53)42-24-14-22-40(30-42)48-34-52-50(33-47(48)36-17-5-2-6-18-36)49-31-38-19-7-8-20-39(38)32-51(49)55-52/h1-34H/i7D,8D,19D,20D,31D,32D. The lowest BCUT2D eigenvalue weighted by atomic mass is 9.84. The predicted molar refractivity (Wildman–Crippen MR) is 233 cm³/mol. The Balaban J connectivity index is 1.15. The van der Waals surface area contributed by atoms with Crippen LogP contribution in [-0.2, 0) is 0 Å². The van der Waals surface area contributed by atoms with E-state index in [2.05, 4.69) is 121 Å². The van der Waals surface area contributed by atoms with Gasteiger partial charge in [0.25, 0.3) is 0 Å². The zero-order valence-electron chi connectivity index (χ0n) is 35.6. The van der Waals surface area contributed by atoms with Crippen LogP contribution in [0.25, 0.3) is 110 Å². The highest BCUT2D eigenvalue weighted by molar-refractivity contribution is 6.22. The minimum absolute atomic E-state index is 0.0126. The largest absolute Gasteiger partial charge is 0.456 e. The molecule has 10 aromatic carbocycles. The van der Waals surface area contributed by atoms with Gasteiger partial charge < -0.3 is 4.42 Å². The normalized spacial score (nSPS) is 13.2. The van der Waals surface area contributed by atoms with Crippen molar-refractivity contribution in [3.63, 3.8) is 0 Å². The quantitative estimate of drug-likeness (QED) is 0.163. The van der Waals surface area contributed by atoms with Crippen LogP contribution in [0.5, 0.6) is 0 Å². The van der Waals surface area contributed by atoms with Crippen LogP contribution >= 0.6 is 0 Å². The third-order valence-corrected chi connectivity index (χ3v) is 10.7. The number of hydrogen-bond acceptors (Lipinski definition) is 1. The Labute approximate surface area is 327 Å². The average molecular weight is 705 g/mol. The first-order valence-corrected chi connectivity index (χ1v) is 18.4. The number of hydrogen-bond donors (Lipinski definition) is 0. The Morgan fingerprint density at radius 3 is 1.42 bits per heavy atom. The second kappa shape index (κ2) is 12.7. The molecule has 1 aromatic heterocycles. The van der Waals surface area contributed by atoms with Gasteiger partial charge in [0, 0.05) is 10.8 Å². The van der Waals surface area contributed by atoms with E-state index in [1.165, 1.54) is 11.1 Å². The molecule has 11 rings (SSSR count). The molecule has 0 unspecified atom stereocenters. The Kier molecular flexibility index (Phi) is 5.95. The van der Waals surface area contributed by atoms with Crippen LogP contribution in [0.2, 0.25) is 0 Å². The summed E-state index contributed by atoms with van der Waals surface area (Å²) in [5, 5.41) is 5.54. The smallest absolute Gasteiger partial charge is 0.136 e. The summed E-state index contributed by atoms with van der Waals surface area (Å²) in [6.45, 7) is 0. The monoisotopic (exact) mass is 704 g/mol. The first kappa shape index (κ1) is 25.7. The lowest BCUT2D eigenvalue weighted by Crippen LogP contribution is -1.92. The molecule has 0 saturated carbocycles. The second-order valence-corrected chi connectivity index (χ2v) is 13.9. The average Bonchev–Trinajstić information content (AvgIpc) is 3.70. The van der Waals surface area contributed by atoms with Crippen LogP contribution in [0.3, 0.4) is 0 Å². The lowest BCUT2D eigenvalue weighted by molar-refractivity contribution is 0.669. The van der Waals surface area contributed by atoms with E-state index in [0.717, 1.165) is 66.1 Å². The van der Waals surface area contributed by atoms with Crippen LogP contribution in [0, 0.1) is 0 Å². The topological polar surface area (TPSA) is 13.1 Å². The van der Waals surface area contributed by atoms with Gasteiger partial charge in [0.2, 0.25) is 0 Å². The second-order valence-electron chi connectivity index (χ2n) is 13.9. The highest BCUT2D eigenvalue weighted by Gasteiger charge is 2.19. The highest BCUT2D eigenvalue weighted by Crippen LogP contribution is 2.46. The molecule has 55 heavy (non-hydrogen) atoms. The fourth-order valence-electron chi connectivity index (χ4n) is 8.27. The summed E-state index contributed by atoms with van der Waals surface area (Å²) >= 11 is 0. The van der Waals surface area contributed by atoms with Gasteiger partial charge in [-0.15, -0.1) is 0 Å². The van der Waals surface area contributed by atoms with Gasteiger partial charge in [-0.2, -0.15) is 0 Å². The number of furan rings is 1. The molecule has 1 heteroatoms. The van der Waals surface area contributed by atoms with Crippen LogP contribution in [0.15, 0.2) is 211 Å². The minimum Gasteiger partial charge on any atom is -0.456 e. The summed E-state index contributed by atoms with van der Waals surface area (Å²) < 4.78 is 58.8. The van der Waals surface area contributed by atoms with Crippen molar-refractivity contribution < 1.29 is 12.6 Å². The molecule has 0 saturated heterocycles. The van der Waals surface area contributed by atoms with Crippen LogP contribution in [0.4, 0.5) is 0 Å². The molecule has 0 aliphatic carbocycles. The SMILES string of the molecule is [2H]c1c([2H])c([2H])c2c([2H])c3c(oc4cc(-c5cccc(-c6c7ccccc7c(-c7cccc(-c8ccccc8)c7)c7ccccc67)c5)c(-c5ccccc5)cc43)c([2H])c2c1[2H]. The summed E-state index contributed by atoms with van der Waals surface area (Å²) in [6, 6.07) is 57.3. The first-order chi connectivity index (χ1) is 29.8. The van der Waals surface area contributed by atoms with E-state index in [4.69, 9.17) is 11.3 Å². The van der Waals surface area contributed by atoms with Crippen molar-refractivity contribution in [2.24, 2.45) is 0 Å². The van der Waals surface area contributed by atoms with Crippen LogP contribution in [-0.4, -0.2) is 0 Å². The lowest BCUT2D eigenvalue weighted by Gasteiger charge is -2.19. The van der Waals surface area contributed by atoms with Gasteiger partial charge in [-0.3, -0.25) is 0 Å². The zero-order valence-corrected chi connectivity index (χ0v) is 29.6. The number of benzene rings is 10. The van der Waals surface area contributed by atoms with Crippen LogP contribution < -0.4 is 0 Å². The van der Waals surface area contributed by atoms with Crippen LogP contribution in [0.1, 0.15) is 8.22 Å². The minimum atomic E-state index is -0.443. The molecule has 1 nitrogen and oxygen atoms in total. The fraction of sp³-hybridized carbons (Fsp3) is 0. The molecule has 0 bridgehead atoms. The molecule has 0 atom stereocenters. The molecule has 0 amide bonds. The maximum absolute atomic E-state index is 9.31. The summed E-state index contributed by atoms with van der Waals surface area (Å²) in [6.07, 6.45) is 0. The molecule has 256 valence electrons. The summed E-state index contributed by atoms with van der Waals surface area (Å²) in [7, 11) is 0. The summed E-state index contributed by atoms with van der Waals surface area (Å²) in [4.78, 5) is 0. The van der Waals surface area contributed by atoms with Crippen molar-refractivity contribution in [2.75, 3.05) is 0 Å². The van der Waals surface area contributed by atoms with E-state index < -0.39 is 12.1 Å². The summed E-state index contributed by atoms with van der Waals surface area (Å²) in [5.41, 5.74) is 11.1. The van der Waals surface area contributed by atoms with Crippen molar-refractivity contribution in [1.82, 2.24) is 0 Å². The van der Waals surface area contributed by atoms with Gasteiger partial charge in [-0.05, 0) is 124 Å². The Bertz CT molecular complexity index is 3540. The van der Waals surface area contributed by atoms with Gasteiger partial charge >= 0.3 is 0 Å². The maximum Gasteiger partial charge on any atom is 0.136 e.